The van der Waals surface area contributed by atoms with E-state index >= 15 is 0 Å². The van der Waals surface area contributed by atoms with E-state index in [1.54, 1.807) is 4.90 Å². The number of nitrogens with zero attached hydrogens (tertiary/aromatic N) is 1. The Kier molecular flexibility index (Phi) is 9.32. The molecule has 5 nitrogen and oxygen atoms in total. The molecule has 0 radical (unpaired) electrons. The normalized spacial score (nSPS) is 12.1. The molecule has 2 amide bonds. The van der Waals surface area contributed by atoms with E-state index in [1.165, 1.54) is 0 Å². The van der Waals surface area contributed by atoms with Crippen molar-refractivity contribution in [2.24, 2.45) is 0 Å². The topological polar surface area (TPSA) is 58.6 Å². The van der Waals surface area contributed by atoms with Gasteiger partial charge in [0.15, 0.2) is 6.61 Å². The Morgan fingerprint density at radius 3 is 2.28 bits per heavy atom. The van der Waals surface area contributed by atoms with E-state index in [4.69, 9.17) is 4.74 Å². The van der Waals surface area contributed by atoms with Crippen LogP contribution >= 0.6 is 15.9 Å². The summed E-state index contributed by atoms with van der Waals surface area (Å²) in [6.07, 6.45) is 0.400. The number of nitrogens with one attached hydrogen (secondary N) is 1. The maximum atomic E-state index is 13.7. The highest BCUT2D eigenvalue weighted by Crippen LogP contribution is 2.22. The number of hydrogen-bond donors (Lipinski definition) is 1. The second kappa shape index (κ2) is 12.2. The number of amides is 2. The van der Waals surface area contributed by atoms with Crippen molar-refractivity contribution >= 4 is 27.7 Å². The molecule has 0 aromatic heterocycles. The van der Waals surface area contributed by atoms with Gasteiger partial charge in [-0.25, -0.2) is 0 Å². The molecule has 1 N–H and O–H groups in total. The first-order valence-corrected chi connectivity index (χ1v) is 12.9. The molecular weight excluding hydrogens is 516 g/mol. The van der Waals surface area contributed by atoms with Crippen LogP contribution in [0, 0.1) is 13.8 Å². The summed E-state index contributed by atoms with van der Waals surface area (Å²) in [5, 5.41) is 3.08. The minimum atomic E-state index is -0.699. The SMILES string of the molecule is Cc1cccc(CN(C(=O)COc2ccc(Br)c(C)c2)C(Cc2ccccc2)C(=O)NC(C)(C)C)c1. The van der Waals surface area contributed by atoms with Gasteiger partial charge in [-0.1, -0.05) is 76.1 Å². The second-order valence-corrected chi connectivity index (χ2v) is 11.0. The molecule has 0 fully saturated rings. The lowest BCUT2D eigenvalue weighted by Gasteiger charge is -2.33. The first-order valence-electron chi connectivity index (χ1n) is 12.1. The average molecular weight is 552 g/mol. The second-order valence-electron chi connectivity index (χ2n) is 10.2. The fraction of sp³-hybridized carbons (Fsp3) is 0.333. The van der Waals surface area contributed by atoms with Crippen molar-refractivity contribution in [1.82, 2.24) is 10.2 Å². The fourth-order valence-corrected chi connectivity index (χ4v) is 4.20. The minimum absolute atomic E-state index is 0.166. The molecule has 0 heterocycles. The van der Waals surface area contributed by atoms with Gasteiger partial charge in [0.2, 0.25) is 5.91 Å². The smallest absolute Gasteiger partial charge is 0.261 e. The summed E-state index contributed by atoms with van der Waals surface area (Å²) in [5.74, 6) is 0.173. The van der Waals surface area contributed by atoms with E-state index in [9.17, 15) is 9.59 Å². The largest absolute Gasteiger partial charge is 0.484 e. The molecule has 0 spiro atoms. The summed E-state index contributed by atoms with van der Waals surface area (Å²) >= 11 is 3.49. The third-order valence-corrected chi connectivity index (χ3v) is 6.59. The Morgan fingerprint density at radius 2 is 1.64 bits per heavy atom. The fourth-order valence-electron chi connectivity index (χ4n) is 3.95. The lowest BCUT2D eigenvalue weighted by molar-refractivity contribution is -0.143. The maximum Gasteiger partial charge on any atom is 0.261 e. The Labute approximate surface area is 223 Å². The number of carbonyl (C=O) groups excluding carboxylic acids is 2. The van der Waals surface area contributed by atoms with E-state index < -0.39 is 11.6 Å². The standard InChI is InChI=1S/C30H35BrN2O3/c1-21-10-9-13-24(16-21)19-33(28(34)20-36-25-14-15-26(31)22(2)17-25)27(29(35)32-30(3,4)5)18-23-11-7-6-8-12-23/h6-17,27H,18-20H2,1-5H3,(H,32,35). The number of ether oxygens (including phenoxy) is 1. The zero-order chi connectivity index (χ0) is 26.3. The van der Waals surface area contributed by atoms with Crippen LogP contribution in [0.1, 0.15) is 43.0 Å². The van der Waals surface area contributed by atoms with Gasteiger partial charge in [-0.05, 0) is 69.5 Å². The van der Waals surface area contributed by atoms with Gasteiger partial charge in [0.1, 0.15) is 11.8 Å². The van der Waals surface area contributed by atoms with Crippen molar-refractivity contribution in [2.45, 2.75) is 59.2 Å². The Balaban J connectivity index is 1.93. The number of hydrogen-bond acceptors (Lipinski definition) is 3. The van der Waals surface area contributed by atoms with Crippen molar-refractivity contribution in [1.29, 1.82) is 0 Å². The van der Waals surface area contributed by atoms with Gasteiger partial charge in [0, 0.05) is 23.0 Å². The zero-order valence-corrected chi connectivity index (χ0v) is 23.3. The molecule has 3 aromatic rings. The Hall–Kier alpha value is -3.12. The van der Waals surface area contributed by atoms with Crippen molar-refractivity contribution in [3.8, 4) is 5.75 Å². The molecule has 0 saturated carbocycles. The monoisotopic (exact) mass is 550 g/mol. The molecule has 0 aliphatic heterocycles. The molecule has 36 heavy (non-hydrogen) atoms. The Morgan fingerprint density at radius 1 is 0.944 bits per heavy atom. The van der Waals surface area contributed by atoms with Crippen LogP contribution in [-0.4, -0.2) is 34.9 Å². The van der Waals surface area contributed by atoms with Gasteiger partial charge in [0.05, 0.1) is 0 Å². The van der Waals surface area contributed by atoms with Crippen molar-refractivity contribution in [3.63, 3.8) is 0 Å². The highest BCUT2D eigenvalue weighted by atomic mass is 79.9. The lowest BCUT2D eigenvalue weighted by Crippen LogP contribution is -2.55. The average Bonchev–Trinajstić information content (AvgIpc) is 2.81. The number of benzene rings is 3. The van der Waals surface area contributed by atoms with Gasteiger partial charge in [0.25, 0.3) is 5.91 Å². The molecule has 0 aliphatic rings. The molecule has 190 valence electrons. The molecule has 0 saturated heterocycles. The van der Waals surface area contributed by atoms with E-state index in [-0.39, 0.29) is 18.4 Å². The van der Waals surface area contributed by atoms with Gasteiger partial charge in [-0.2, -0.15) is 0 Å². The van der Waals surface area contributed by atoms with Crippen LogP contribution in [0.4, 0.5) is 0 Å². The van der Waals surface area contributed by atoms with Gasteiger partial charge < -0.3 is 15.0 Å². The first-order chi connectivity index (χ1) is 17.0. The molecule has 6 heteroatoms. The molecular formula is C30H35BrN2O3. The van der Waals surface area contributed by atoms with Gasteiger partial charge in [-0.3, -0.25) is 9.59 Å². The first kappa shape index (κ1) is 27.5. The highest BCUT2D eigenvalue weighted by Gasteiger charge is 2.32. The van der Waals surface area contributed by atoms with Crippen LogP contribution in [0.15, 0.2) is 77.3 Å². The predicted octanol–water partition coefficient (Wildman–Crippen LogP) is 6.00. The Bertz CT molecular complexity index is 1190. The van der Waals surface area contributed by atoms with Crippen molar-refractivity contribution < 1.29 is 14.3 Å². The van der Waals surface area contributed by atoms with E-state index in [0.717, 1.165) is 26.7 Å². The van der Waals surface area contributed by atoms with E-state index in [2.05, 4.69) is 21.2 Å². The zero-order valence-electron chi connectivity index (χ0n) is 21.7. The summed E-state index contributed by atoms with van der Waals surface area (Å²) in [6, 6.07) is 22.7. The predicted molar refractivity (Wildman–Crippen MR) is 148 cm³/mol. The van der Waals surface area contributed by atoms with Gasteiger partial charge in [-0.15, -0.1) is 0 Å². The summed E-state index contributed by atoms with van der Waals surface area (Å²) in [7, 11) is 0. The lowest BCUT2D eigenvalue weighted by atomic mass is 10.0. The molecule has 3 aromatic carbocycles. The summed E-state index contributed by atoms with van der Waals surface area (Å²) < 4.78 is 6.86. The quantitative estimate of drug-likeness (QED) is 0.355. The minimum Gasteiger partial charge on any atom is -0.484 e. The molecule has 1 atom stereocenters. The van der Waals surface area contributed by atoms with Crippen LogP contribution in [0.3, 0.4) is 0 Å². The number of aryl methyl sites for hydroxylation is 2. The van der Waals surface area contributed by atoms with Crippen LogP contribution in [0.2, 0.25) is 0 Å². The number of carbonyl (C=O) groups is 2. The highest BCUT2D eigenvalue weighted by molar-refractivity contribution is 9.10. The molecule has 3 rings (SSSR count). The summed E-state index contributed by atoms with van der Waals surface area (Å²) in [4.78, 5) is 28.9. The molecule has 0 aliphatic carbocycles. The van der Waals surface area contributed by atoms with Crippen LogP contribution < -0.4 is 10.1 Å². The summed E-state index contributed by atoms with van der Waals surface area (Å²) in [5.41, 5.74) is 3.63. The third kappa shape index (κ3) is 8.23. The molecule has 1 unspecified atom stereocenters. The number of rotatable bonds is 9. The van der Waals surface area contributed by atoms with E-state index in [1.807, 2.05) is 107 Å². The molecule has 0 bridgehead atoms. The van der Waals surface area contributed by atoms with Crippen LogP contribution in [0.25, 0.3) is 0 Å². The third-order valence-electron chi connectivity index (χ3n) is 5.70. The number of halogens is 1. The van der Waals surface area contributed by atoms with Crippen LogP contribution in [0.5, 0.6) is 5.75 Å². The van der Waals surface area contributed by atoms with Crippen molar-refractivity contribution in [2.75, 3.05) is 6.61 Å². The van der Waals surface area contributed by atoms with Crippen molar-refractivity contribution in [3.05, 3.63) is 99.5 Å². The van der Waals surface area contributed by atoms with E-state index in [0.29, 0.717) is 18.7 Å². The summed E-state index contributed by atoms with van der Waals surface area (Å²) in [6.45, 7) is 9.94. The maximum absolute atomic E-state index is 13.7. The van der Waals surface area contributed by atoms with Crippen LogP contribution in [-0.2, 0) is 22.6 Å². The van der Waals surface area contributed by atoms with Gasteiger partial charge >= 0.3 is 0 Å².